The molecule has 1 amide bonds. The zero-order valence-electron chi connectivity index (χ0n) is 14.7. The summed E-state index contributed by atoms with van der Waals surface area (Å²) >= 11 is 0. The van der Waals surface area contributed by atoms with Crippen molar-refractivity contribution >= 4 is 5.91 Å². The molecule has 1 fully saturated rings. The van der Waals surface area contributed by atoms with Gasteiger partial charge < -0.3 is 15.0 Å². The largest absolute Gasteiger partial charge is 0.496 e. The number of carbonyl (C=O) groups excluding carboxylic acids is 1. The second kappa shape index (κ2) is 8.31. The highest BCUT2D eigenvalue weighted by Crippen LogP contribution is 2.25. The van der Waals surface area contributed by atoms with Gasteiger partial charge in [0.2, 0.25) is 5.91 Å². The zero-order chi connectivity index (χ0) is 16.8. The van der Waals surface area contributed by atoms with E-state index in [2.05, 4.69) is 41.3 Å². The molecule has 1 N–H and O–H groups in total. The third-order valence-electron chi connectivity index (χ3n) is 4.67. The number of rotatable bonds is 6. The number of nitrogens with zero attached hydrogens (tertiary/aromatic N) is 2. The van der Waals surface area contributed by atoms with Gasteiger partial charge in [-0.05, 0) is 39.0 Å². The number of methoxy groups -OCH3 is 1. The Balaban J connectivity index is 2.00. The Labute approximate surface area is 139 Å². The van der Waals surface area contributed by atoms with Crippen LogP contribution in [0.1, 0.15) is 18.9 Å². The van der Waals surface area contributed by atoms with Crippen LogP contribution in [0, 0.1) is 5.92 Å². The van der Waals surface area contributed by atoms with E-state index in [9.17, 15) is 4.79 Å². The van der Waals surface area contributed by atoms with Crippen LogP contribution in [0.2, 0.25) is 0 Å². The SMILES string of the molecule is COc1ccccc1CN1CC[C@H](CNC(C)=O)[C@H](N(C)C)C1. The minimum Gasteiger partial charge on any atom is -0.496 e. The second-order valence-corrected chi connectivity index (χ2v) is 6.56. The summed E-state index contributed by atoms with van der Waals surface area (Å²) in [5, 5.41) is 2.98. The minimum atomic E-state index is 0.0546. The molecule has 1 aliphatic rings. The van der Waals surface area contributed by atoms with E-state index >= 15 is 0 Å². The maximum atomic E-state index is 11.2. The van der Waals surface area contributed by atoms with Gasteiger partial charge in [-0.25, -0.2) is 0 Å². The molecule has 0 aliphatic carbocycles. The van der Waals surface area contributed by atoms with Crippen molar-refractivity contribution in [3.63, 3.8) is 0 Å². The van der Waals surface area contributed by atoms with Crippen molar-refractivity contribution in [3.8, 4) is 5.75 Å². The third kappa shape index (κ3) is 4.94. The molecule has 0 aromatic heterocycles. The van der Waals surface area contributed by atoms with Crippen LogP contribution in [0.5, 0.6) is 5.75 Å². The quantitative estimate of drug-likeness (QED) is 0.865. The Morgan fingerprint density at radius 3 is 2.78 bits per heavy atom. The van der Waals surface area contributed by atoms with Gasteiger partial charge in [0.05, 0.1) is 7.11 Å². The monoisotopic (exact) mass is 319 g/mol. The number of likely N-dealkylation sites (N-methyl/N-ethyl adjacent to an activating group) is 1. The Kier molecular flexibility index (Phi) is 6.42. The molecule has 0 unspecified atom stereocenters. The van der Waals surface area contributed by atoms with E-state index in [1.54, 1.807) is 14.0 Å². The minimum absolute atomic E-state index is 0.0546. The molecular formula is C18H29N3O2. The van der Waals surface area contributed by atoms with Crippen LogP contribution in [-0.2, 0) is 11.3 Å². The van der Waals surface area contributed by atoms with E-state index in [4.69, 9.17) is 4.74 Å². The molecular weight excluding hydrogens is 290 g/mol. The van der Waals surface area contributed by atoms with E-state index in [0.29, 0.717) is 12.0 Å². The van der Waals surface area contributed by atoms with Crippen LogP contribution < -0.4 is 10.1 Å². The van der Waals surface area contributed by atoms with Gasteiger partial charge in [0.25, 0.3) is 0 Å². The van der Waals surface area contributed by atoms with E-state index in [1.807, 2.05) is 12.1 Å². The Hall–Kier alpha value is -1.59. The predicted octanol–water partition coefficient (Wildman–Crippen LogP) is 1.58. The normalized spacial score (nSPS) is 22.1. The van der Waals surface area contributed by atoms with Crippen LogP contribution in [0.25, 0.3) is 0 Å². The van der Waals surface area contributed by atoms with E-state index in [1.165, 1.54) is 5.56 Å². The molecule has 0 saturated carbocycles. The molecule has 2 atom stereocenters. The second-order valence-electron chi connectivity index (χ2n) is 6.56. The summed E-state index contributed by atoms with van der Waals surface area (Å²) in [6, 6.07) is 8.66. The number of para-hydroxylation sites is 1. The summed E-state index contributed by atoms with van der Waals surface area (Å²) in [6.45, 7) is 5.31. The smallest absolute Gasteiger partial charge is 0.216 e. The molecule has 0 bridgehead atoms. The summed E-state index contributed by atoms with van der Waals surface area (Å²) in [7, 11) is 5.97. The van der Waals surface area contributed by atoms with Crippen molar-refractivity contribution in [2.75, 3.05) is 40.8 Å². The van der Waals surface area contributed by atoms with E-state index < -0.39 is 0 Å². The van der Waals surface area contributed by atoms with E-state index in [-0.39, 0.29) is 5.91 Å². The standard InChI is InChI=1S/C18H29N3O2/c1-14(22)19-11-15-9-10-21(13-17(15)20(2)3)12-16-7-5-6-8-18(16)23-4/h5-8,15,17H,9-13H2,1-4H3,(H,19,22)/t15-,17-/m1/s1. The first-order valence-electron chi connectivity index (χ1n) is 8.26. The van der Waals surface area contributed by atoms with Gasteiger partial charge in [-0.3, -0.25) is 9.69 Å². The molecule has 1 aliphatic heterocycles. The molecule has 1 saturated heterocycles. The molecule has 0 spiro atoms. The van der Waals surface area contributed by atoms with Crippen LogP contribution in [0.4, 0.5) is 0 Å². The van der Waals surface area contributed by atoms with Gasteiger partial charge in [0, 0.05) is 38.2 Å². The summed E-state index contributed by atoms with van der Waals surface area (Å²) in [6.07, 6.45) is 1.10. The number of likely N-dealkylation sites (tertiary alicyclic amines) is 1. The molecule has 0 radical (unpaired) electrons. The highest BCUT2D eigenvalue weighted by atomic mass is 16.5. The van der Waals surface area contributed by atoms with Crippen molar-refractivity contribution in [3.05, 3.63) is 29.8 Å². The number of hydrogen-bond acceptors (Lipinski definition) is 4. The van der Waals surface area contributed by atoms with Gasteiger partial charge in [-0.1, -0.05) is 18.2 Å². The Bertz CT molecular complexity index is 519. The number of piperidine rings is 1. The number of benzene rings is 1. The summed E-state index contributed by atoms with van der Waals surface area (Å²) < 4.78 is 5.46. The van der Waals surface area contributed by atoms with Gasteiger partial charge in [0.15, 0.2) is 0 Å². The van der Waals surface area contributed by atoms with Gasteiger partial charge in [-0.2, -0.15) is 0 Å². The lowest BCUT2D eigenvalue weighted by Gasteiger charge is -2.42. The lowest BCUT2D eigenvalue weighted by molar-refractivity contribution is -0.119. The fourth-order valence-corrected chi connectivity index (χ4v) is 3.36. The van der Waals surface area contributed by atoms with Gasteiger partial charge in [0.1, 0.15) is 5.75 Å². The lowest BCUT2D eigenvalue weighted by atomic mass is 9.90. The van der Waals surface area contributed by atoms with Crippen molar-refractivity contribution in [1.82, 2.24) is 15.1 Å². The average molecular weight is 319 g/mol. The number of nitrogens with one attached hydrogen (secondary N) is 1. The van der Waals surface area contributed by atoms with Crippen LogP contribution in [0.3, 0.4) is 0 Å². The lowest BCUT2D eigenvalue weighted by Crippen LogP contribution is -2.52. The maximum Gasteiger partial charge on any atom is 0.216 e. The molecule has 1 aromatic carbocycles. The van der Waals surface area contributed by atoms with Crippen molar-refractivity contribution < 1.29 is 9.53 Å². The van der Waals surface area contributed by atoms with Crippen molar-refractivity contribution in [2.45, 2.75) is 25.9 Å². The highest BCUT2D eigenvalue weighted by molar-refractivity contribution is 5.72. The highest BCUT2D eigenvalue weighted by Gasteiger charge is 2.30. The molecule has 128 valence electrons. The first-order valence-corrected chi connectivity index (χ1v) is 8.26. The molecule has 1 heterocycles. The fourth-order valence-electron chi connectivity index (χ4n) is 3.36. The molecule has 1 aromatic rings. The first kappa shape index (κ1) is 17.8. The number of ether oxygens (including phenoxy) is 1. The predicted molar refractivity (Wildman–Crippen MR) is 92.5 cm³/mol. The summed E-state index contributed by atoms with van der Waals surface area (Å²) in [4.78, 5) is 15.9. The molecule has 5 heteroatoms. The molecule has 2 rings (SSSR count). The molecule has 23 heavy (non-hydrogen) atoms. The average Bonchev–Trinajstić information content (AvgIpc) is 2.53. The zero-order valence-corrected chi connectivity index (χ0v) is 14.7. The van der Waals surface area contributed by atoms with Crippen LogP contribution in [-0.4, -0.2) is 62.6 Å². The number of hydrogen-bond donors (Lipinski definition) is 1. The van der Waals surface area contributed by atoms with Crippen molar-refractivity contribution in [2.24, 2.45) is 5.92 Å². The molecule has 5 nitrogen and oxygen atoms in total. The maximum absolute atomic E-state index is 11.2. The van der Waals surface area contributed by atoms with E-state index in [0.717, 1.165) is 38.3 Å². The van der Waals surface area contributed by atoms with Crippen LogP contribution in [0.15, 0.2) is 24.3 Å². The number of amides is 1. The number of carbonyl (C=O) groups is 1. The first-order chi connectivity index (χ1) is 11.0. The third-order valence-corrected chi connectivity index (χ3v) is 4.67. The topological polar surface area (TPSA) is 44.8 Å². The Morgan fingerprint density at radius 1 is 1.39 bits per heavy atom. The fraction of sp³-hybridized carbons (Fsp3) is 0.611. The summed E-state index contributed by atoms with van der Waals surface area (Å²) in [5.74, 6) is 1.51. The summed E-state index contributed by atoms with van der Waals surface area (Å²) in [5.41, 5.74) is 1.23. The van der Waals surface area contributed by atoms with Gasteiger partial charge >= 0.3 is 0 Å². The van der Waals surface area contributed by atoms with Crippen LogP contribution >= 0.6 is 0 Å². The van der Waals surface area contributed by atoms with Crippen molar-refractivity contribution in [1.29, 1.82) is 0 Å². The Morgan fingerprint density at radius 2 is 2.13 bits per heavy atom. The van der Waals surface area contributed by atoms with Gasteiger partial charge in [-0.15, -0.1) is 0 Å².